The zero-order chi connectivity index (χ0) is 19.6. The molecule has 144 valence electrons. The number of piperidine rings is 1. The zero-order valence-corrected chi connectivity index (χ0v) is 15.5. The molecule has 0 radical (unpaired) electrons. The largest absolute Gasteiger partial charge is 0.481 e. The number of methoxy groups -OCH3 is 1. The first kappa shape index (κ1) is 19.1. The van der Waals surface area contributed by atoms with Crippen LogP contribution in [0.5, 0.6) is 5.88 Å². The van der Waals surface area contributed by atoms with Crippen LogP contribution in [0, 0.1) is 5.41 Å². The number of pyridine rings is 1. The molecule has 0 unspecified atom stereocenters. The Morgan fingerprint density at radius 1 is 1.37 bits per heavy atom. The highest BCUT2D eigenvalue weighted by molar-refractivity contribution is 6.06. The van der Waals surface area contributed by atoms with Crippen molar-refractivity contribution in [2.75, 3.05) is 20.2 Å². The first-order valence-electron chi connectivity index (χ1n) is 9.07. The average Bonchev–Trinajstić information content (AvgIpc) is 2.68. The number of aromatic nitrogens is 1. The number of carboxylic acid groups (broad SMARTS) is 1. The maximum Gasteiger partial charge on any atom is 0.314 e. The molecule has 0 aliphatic carbocycles. The van der Waals surface area contributed by atoms with Gasteiger partial charge in [-0.25, -0.2) is 4.98 Å². The average molecular weight is 372 g/mol. The zero-order valence-electron chi connectivity index (χ0n) is 15.5. The lowest BCUT2D eigenvalue weighted by atomic mass is 9.74. The molecule has 7 nitrogen and oxygen atoms in total. The predicted molar refractivity (Wildman–Crippen MR) is 99.8 cm³/mol. The highest BCUT2D eigenvalue weighted by Crippen LogP contribution is 2.36. The van der Waals surface area contributed by atoms with Crippen LogP contribution in [0.2, 0.25) is 0 Å². The Morgan fingerprint density at radius 3 is 2.78 bits per heavy atom. The van der Waals surface area contributed by atoms with Gasteiger partial charge in [0.05, 0.1) is 24.3 Å². The van der Waals surface area contributed by atoms with Crippen LogP contribution in [-0.4, -0.2) is 58.3 Å². The van der Waals surface area contributed by atoms with Crippen LogP contribution in [0.4, 0.5) is 0 Å². The van der Waals surface area contributed by atoms with Crippen molar-refractivity contribution in [1.29, 1.82) is 0 Å². The molecule has 1 fully saturated rings. The van der Waals surface area contributed by atoms with Gasteiger partial charge in [0.2, 0.25) is 5.88 Å². The molecule has 1 aliphatic rings. The number of benzene rings is 1. The van der Waals surface area contributed by atoms with Gasteiger partial charge in [0, 0.05) is 24.5 Å². The van der Waals surface area contributed by atoms with Crippen molar-refractivity contribution in [3.63, 3.8) is 0 Å². The highest BCUT2D eigenvalue weighted by atomic mass is 16.5. The predicted octanol–water partition coefficient (Wildman–Crippen LogP) is 2.32. The number of aliphatic hydroxyl groups excluding tert-OH is 1. The number of carbonyl (C=O) groups is 2. The molecule has 1 aliphatic heterocycles. The Hall–Kier alpha value is -2.67. The van der Waals surface area contributed by atoms with Crippen molar-refractivity contribution < 1.29 is 24.5 Å². The summed E-state index contributed by atoms with van der Waals surface area (Å²) < 4.78 is 5.22. The standard InChI is InChI=1S/C20H24N2O5/c1-3-9-20(19(25)26)12-22(10-8-16(20)23)18(24)14-11-17(27-2)21-15-7-5-4-6-13(14)15/h4-7,11,16,23H,3,8-10,12H2,1-2H3,(H,25,26)/t16-,20+/m0/s1. The summed E-state index contributed by atoms with van der Waals surface area (Å²) >= 11 is 0. The molecule has 27 heavy (non-hydrogen) atoms. The number of hydrogen-bond donors (Lipinski definition) is 2. The van der Waals surface area contributed by atoms with E-state index in [1.165, 1.54) is 12.0 Å². The minimum absolute atomic E-state index is 0.0187. The minimum atomic E-state index is -1.34. The first-order chi connectivity index (χ1) is 12.9. The summed E-state index contributed by atoms with van der Waals surface area (Å²) in [5, 5.41) is 20.9. The topological polar surface area (TPSA) is 100.0 Å². The van der Waals surface area contributed by atoms with Gasteiger partial charge in [-0.1, -0.05) is 31.5 Å². The van der Waals surface area contributed by atoms with Crippen molar-refractivity contribution >= 4 is 22.8 Å². The summed E-state index contributed by atoms with van der Waals surface area (Å²) in [6, 6.07) is 8.85. The molecular weight excluding hydrogens is 348 g/mol. The van der Waals surface area contributed by atoms with Crippen LogP contribution < -0.4 is 4.74 Å². The Morgan fingerprint density at radius 2 is 2.11 bits per heavy atom. The molecular formula is C20H24N2O5. The van der Waals surface area contributed by atoms with Gasteiger partial charge in [-0.2, -0.15) is 0 Å². The lowest BCUT2D eigenvalue weighted by Crippen LogP contribution is -2.57. The number of ether oxygens (including phenoxy) is 1. The maximum atomic E-state index is 13.3. The third-order valence-electron chi connectivity index (χ3n) is 5.32. The number of carbonyl (C=O) groups excluding carboxylic acids is 1. The van der Waals surface area contributed by atoms with E-state index in [9.17, 15) is 19.8 Å². The van der Waals surface area contributed by atoms with Gasteiger partial charge in [-0.3, -0.25) is 9.59 Å². The highest BCUT2D eigenvalue weighted by Gasteiger charge is 2.49. The van der Waals surface area contributed by atoms with Crippen LogP contribution in [0.15, 0.2) is 30.3 Å². The van der Waals surface area contributed by atoms with E-state index in [1.807, 2.05) is 25.1 Å². The van der Waals surface area contributed by atoms with Gasteiger partial charge in [-0.15, -0.1) is 0 Å². The summed E-state index contributed by atoms with van der Waals surface area (Å²) in [6.45, 7) is 2.16. The van der Waals surface area contributed by atoms with Crippen molar-refractivity contribution in [2.45, 2.75) is 32.3 Å². The normalized spacial score (nSPS) is 22.6. The number of amides is 1. The van der Waals surface area contributed by atoms with E-state index in [4.69, 9.17) is 4.74 Å². The number of para-hydroxylation sites is 1. The number of hydrogen-bond acceptors (Lipinski definition) is 5. The summed E-state index contributed by atoms with van der Waals surface area (Å²) in [4.78, 5) is 31.1. The Bertz CT molecular complexity index is 869. The number of carboxylic acids is 1. The molecule has 7 heteroatoms. The fraction of sp³-hybridized carbons (Fsp3) is 0.450. The Labute approximate surface area is 157 Å². The molecule has 1 amide bonds. The molecule has 2 heterocycles. The molecule has 2 atom stereocenters. The van der Waals surface area contributed by atoms with E-state index in [1.54, 1.807) is 12.1 Å². The smallest absolute Gasteiger partial charge is 0.314 e. The van der Waals surface area contributed by atoms with Crippen molar-refractivity contribution in [2.24, 2.45) is 5.41 Å². The van der Waals surface area contributed by atoms with Crippen LogP contribution >= 0.6 is 0 Å². The molecule has 2 aromatic rings. The van der Waals surface area contributed by atoms with E-state index < -0.39 is 17.5 Å². The van der Waals surface area contributed by atoms with Gasteiger partial charge < -0.3 is 19.8 Å². The Kier molecular flexibility index (Phi) is 5.32. The first-order valence-corrected chi connectivity index (χ1v) is 9.07. The second kappa shape index (κ2) is 7.52. The Balaban J connectivity index is 2.01. The summed E-state index contributed by atoms with van der Waals surface area (Å²) in [5.41, 5.74) is -0.282. The quantitative estimate of drug-likeness (QED) is 0.835. The molecule has 3 rings (SSSR count). The summed E-state index contributed by atoms with van der Waals surface area (Å²) in [7, 11) is 1.49. The monoisotopic (exact) mass is 372 g/mol. The minimum Gasteiger partial charge on any atom is -0.481 e. The van der Waals surface area contributed by atoms with Gasteiger partial charge in [0.15, 0.2) is 0 Å². The number of nitrogens with zero attached hydrogens (tertiary/aromatic N) is 2. The number of aliphatic carboxylic acids is 1. The van der Waals surface area contributed by atoms with Gasteiger partial charge >= 0.3 is 5.97 Å². The summed E-state index contributed by atoms with van der Waals surface area (Å²) in [6.07, 6.45) is 0.186. The molecule has 0 spiro atoms. The molecule has 0 bridgehead atoms. The van der Waals surface area contributed by atoms with E-state index in [2.05, 4.69) is 4.98 Å². The SMILES string of the molecule is CCC[C@@]1(C(=O)O)CN(C(=O)c2cc(OC)nc3ccccc23)CC[C@@H]1O. The number of likely N-dealkylation sites (tertiary alicyclic amines) is 1. The second-order valence-electron chi connectivity index (χ2n) is 6.97. The molecule has 1 aromatic carbocycles. The van der Waals surface area contributed by atoms with Crippen molar-refractivity contribution in [3.05, 3.63) is 35.9 Å². The lowest BCUT2D eigenvalue weighted by Gasteiger charge is -2.43. The van der Waals surface area contributed by atoms with Crippen molar-refractivity contribution in [3.8, 4) is 5.88 Å². The van der Waals surface area contributed by atoms with Gasteiger partial charge in [-0.05, 0) is 18.9 Å². The number of aliphatic hydroxyl groups is 1. The van der Waals surface area contributed by atoms with Gasteiger partial charge in [0.1, 0.15) is 5.41 Å². The molecule has 1 saturated heterocycles. The fourth-order valence-electron chi connectivity index (χ4n) is 3.86. The van der Waals surface area contributed by atoms with E-state index >= 15 is 0 Å². The van der Waals surface area contributed by atoms with E-state index in [-0.39, 0.29) is 18.9 Å². The lowest BCUT2D eigenvalue weighted by molar-refractivity contribution is -0.162. The van der Waals surface area contributed by atoms with E-state index in [0.717, 1.165) is 0 Å². The van der Waals surface area contributed by atoms with Crippen LogP contribution in [-0.2, 0) is 4.79 Å². The molecule has 0 saturated carbocycles. The number of fused-ring (bicyclic) bond motifs is 1. The third-order valence-corrected chi connectivity index (χ3v) is 5.32. The summed E-state index contributed by atoms with van der Waals surface area (Å²) in [5.74, 6) is -1.01. The third kappa shape index (κ3) is 3.35. The van der Waals surface area contributed by atoms with Crippen LogP contribution in [0.1, 0.15) is 36.5 Å². The van der Waals surface area contributed by atoms with Crippen LogP contribution in [0.3, 0.4) is 0 Å². The fourth-order valence-corrected chi connectivity index (χ4v) is 3.86. The maximum absolute atomic E-state index is 13.3. The van der Waals surface area contributed by atoms with Crippen molar-refractivity contribution in [1.82, 2.24) is 9.88 Å². The molecule has 2 N–H and O–H groups in total. The molecule has 1 aromatic heterocycles. The van der Waals surface area contributed by atoms with E-state index in [0.29, 0.717) is 41.7 Å². The second-order valence-corrected chi connectivity index (χ2v) is 6.97. The van der Waals surface area contributed by atoms with Gasteiger partial charge in [0.25, 0.3) is 5.91 Å². The number of rotatable bonds is 5. The van der Waals surface area contributed by atoms with Crippen LogP contribution in [0.25, 0.3) is 10.9 Å².